The van der Waals surface area contributed by atoms with E-state index in [1.165, 1.54) is 24.3 Å². The smallest absolute Gasteiger partial charge is 0.263 e. The maximum absolute atomic E-state index is 12.4. The SMILES string of the molecule is Nc1c(Cl)ccc(S(=O)(=O)Nc2cccc(Cl)c2Cl)c1Cl. The van der Waals surface area contributed by atoms with Crippen LogP contribution in [0, 0.1) is 0 Å². The first kappa shape index (κ1) is 16.5. The minimum atomic E-state index is -3.99. The van der Waals surface area contributed by atoms with Crippen LogP contribution in [-0.4, -0.2) is 8.42 Å². The Hall–Kier alpha value is -0.850. The van der Waals surface area contributed by atoms with Gasteiger partial charge in [-0.1, -0.05) is 52.5 Å². The second-order valence-electron chi connectivity index (χ2n) is 3.98. The fourth-order valence-electron chi connectivity index (χ4n) is 1.54. The van der Waals surface area contributed by atoms with E-state index in [0.717, 1.165) is 0 Å². The molecular weight excluding hydrogens is 378 g/mol. The van der Waals surface area contributed by atoms with Gasteiger partial charge in [0.2, 0.25) is 0 Å². The zero-order valence-corrected chi connectivity index (χ0v) is 14.0. The molecule has 9 heteroatoms. The van der Waals surface area contributed by atoms with Crippen LogP contribution in [0.15, 0.2) is 35.2 Å². The molecule has 0 aliphatic heterocycles. The molecule has 2 aromatic rings. The number of nitrogens with two attached hydrogens (primary N) is 1. The van der Waals surface area contributed by atoms with Crippen molar-refractivity contribution in [3.63, 3.8) is 0 Å². The maximum atomic E-state index is 12.4. The number of rotatable bonds is 3. The van der Waals surface area contributed by atoms with E-state index in [0.29, 0.717) is 0 Å². The average molecular weight is 386 g/mol. The van der Waals surface area contributed by atoms with Crippen molar-refractivity contribution < 1.29 is 8.42 Å². The molecule has 3 N–H and O–H groups in total. The lowest BCUT2D eigenvalue weighted by atomic mass is 10.3. The molecule has 4 nitrogen and oxygen atoms in total. The van der Waals surface area contributed by atoms with Gasteiger partial charge in [0, 0.05) is 0 Å². The highest BCUT2D eigenvalue weighted by Gasteiger charge is 2.22. The van der Waals surface area contributed by atoms with Crippen molar-refractivity contribution in [3.05, 3.63) is 50.4 Å². The summed E-state index contributed by atoms with van der Waals surface area (Å²) in [5.41, 5.74) is 5.74. The summed E-state index contributed by atoms with van der Waals surface area (Å²) in [4.78, 5) is -0.206. The van der Waals surface area contributed by atoms with Gasteiger partial charge in [-0.25, -0.2) is 8.42 Å². The molecule has 0 aromatic heterocycles. The molecule has 2 rings (SSSR count). The maximum Gasteiger partial charge on any atom is 0.263 e. The number of nitrogens with one attached hydrogen (secondary N) is 1. The van der Waals surface area contributed by atoms with Crippen molar-refractivity contribution in [1.29, 1.82) is 0 Å². The van der Waals surface area contributed by atoms with Crippen molar-refractivity contribution in [3.8, 4) is 0 Å². The number of nitrogen functional groups attached to an aromatic ring is 1. The van der Waals surface area contributed by atoms with Crippen LogP contribution in [0.2, 0.25) is 20.1 Å². The Morgan fingerprint density at radius 2 is 1.57 bits per heavy atom. The molecule has 0 saturated heterocycles. The van der Waals surface area contributed by atoms with Gasteiger partial charge in [0.1, 0.15) is 4.90 Å². The Labute approximate surface area is 141 Å². The number of halogens is 4. The van der Waals surface area contributed by atoms with Gasteiger partial charge in [0.05, 0.1) is 31.5 Å². The van der Waals surface area contributed by atoms with E-state index < -0.39 is 10.0 Å². The van der Waals surface area contributed by atoms with Gasteiger partial charge in [-0.3, -0.25) is 4.72 Å². The van der Waals surface area contributed by atoms with E-state index in [-0.39, 0.29) is 36.4 Å². The summed E-state index contributed by atoms with van der Waals surface area (Å²) in [7, 11) is -3.99. The number of anilines is 2. The van der Waals surface area contributed by atoms with Gasteiger partial charge in [0.15, 0.2) is 0 Å². The number of hydrogen-bond acceptors (Lipinski definition) is 3. The van der Waals surface area contributed by atoms with E-state index in [4.69, 9.17) is 52.1 Å². The topological polar surface area (TPSA) is 72.2 Å². The summed E-state index contributed by atoms with van der Waals surface area (Å²) in [6.07, 6.45) is 0. The lowest BCUT2D eigenvalue weighted by molar-refractivity contribution is 0.601. The zero-order valence-electron chi connectivity index (χ0n) is 10.2. The van der Waals surface area contributed by atoms with E-state index in [1.807, 2.05) is 0 Å². The van der Waals surface area contributed by atoms with Crippen LogP contribution in [0.25, 0.3) is 0 Å². The Bertz CT molecular complexity index is 809. The van der Waals surface area contributed by atoms with Gasteiger partial charge in [0.25, 0.3) is 10.0 Å². The van der Waals surface area contributed by atoms with Crippen LogP contribution in [0.3, 0.4) is 0 Å². The molecule has 0 unspecified atom stereocenters. The molecule has 112 valence electrons. The molecule has 21 heavy (non-hydrogen) atoms. The van der Waals surface area contributed by atoms with Crippen LogP contribution in [0.4, 0.5) is 11.4 Å². The third-order valence-electron chi connectivity index (χ3n) is 2.58. The Kier molecular flexibility index (Phi) is 4.80. The lowest BCUT2D eigenvalue weighted by Gasteiger charge is -2.12. The van der Waals surface area contributed by atoms with E-state index in [2.05, 4.69) is 4.72 Å². The molecule has 0 aliphatic carbocycles. The van der Waals surface area contributed by atoms with Crippen LogP contribution in [0.1, 0.15) is 0 Å². The molecule has 0 fully saturated rings. The highest BCUT2D eigenvalue weighted by molar-refractivity contribution is 7.92. The minimum absolute atomic E-state index is 0.0154. The van der Waals surface area contributed by atoms with E-state index >= 15 is 0 Å². The normalized spacial score (nSPS) is 11.4. The molecule has 0 bridgehead atoms. The summed E-state index contributed by atoms with van der Waals surface area (Å²) < 4.78 is 27.0. The predicted octanol–water partition coefficient (Wildman–Crippen LogP) is 4.68. The number of benzene rings is 2. The van der Waals surface area contributed by atoms with Crippen molar-refractivity contribution in [2.24, 2.45) is 0 Å². The molecule has 0 amide bonds. The monoisotopic (exact) mass is 384 g/mol. The fourth-order valence-corrected chi connectivity index (χ4v) is 3.78. The second kappa shape index (κ2) is 6.10. The van der Waals surface area contributed by atoms with Crippen molar-refractivity contribution in [2.45, 2.75) is 4.90 Å². The Morgan fingerprint density at radius 3 is 2.24 bits per heavy atom. The van der Waals surface area contributed by atoms with E-state index in [1.54, 1.807) is 6.07 Å². The number of sulfonamides is 1. The number of hydrogen-bond donors (Lipinski definition) is 2. The van der Waals surface area contributed by atoms with Gasteiger partial charge in [-0.05, 0) is 24.3 Å². The first-order valence-corrected chi connectivity index (χ1v) is 8.44. The van der Waals surface area contributed by atoms with Crippen LogP contribution < -0.4 is 10.5 Å². The van der Waals surface area contributed by atoms with Crippen LogP contribution >= 0.6 is 46.4 Å². The highest BCUT2D eigenvalue weighted by Crippen LogP contribution is 2.36. The molecule has 0 atom stereocenters. The molecule has 2 aromatic carbocycles. The summed E-state index contributed by atoms with van der Waals surface area (Å²) in [5, 5.41) is 0.312. The third kappa shape index (κ3) is 3.33. The summed E-state index contributed by atoms with van der Waals surface area (Å²) >= 11 is 23.5. The minimum Gasteiger partial charge on any atom is -0.396 e. The molecule has 0 saturated carbocycles. The van der Waals surface area contributed by atoms with Crippen LogP contribution in [-0.2, 0) is 10.0 Å². The standard InChI is InChI=1S/C12H8Cl4N2O2S/c13-6-2-1-3-8(10(6)15)18-21(19,20)9-5-4-7(14)12(17)11(9)16/h1-5,18H,17H2. The van der Waals surface area contributed by atoms with Crippen molar-refractivity contribution >= 4 is 67.8 Å². The average Bonchev–Trinajstić information content (AvgIpc) is 2.41. The van der Waals surface area contributed by atoms with E-state index in [9.17, 15) is 8.42 Å². The third-order valence-corrected chi connectivity index (χ3v) is 5.65. The first-order chi connectivity index (χ1) is 9.74. The predicted molar refractivity (Wildman–Crippen MR) is 88.1 cm³/mol. The summed E-state index contributed by atoms with van der Waals surface area (Å²) in [6.45, 7) is 0. The molecule has 0 heterocycles. The highest BCUT2D eigenvalue weighted by atomic mass is 35.5. The van der Waals surface area contributed by atoms with Crippen LogP contribution in [0.5, 0.6) is 0 Å². The first-order valence-electron chi connectivity index (χ1n) is 5.44. The van der Waals surface area contributed by atoms with Gasteiger partial charge >= 0.3 is 0 Å². The van der Waals surface area contributed by atoms with Gasteiger partial charge in [-0.2, -0.15) is 0 Å². The van der Waals surface area contributed by atoms with Crippen molar-refractivity contribution in [1.82, 2.24) is 0 Å². The van der Waals surface area contributed by atoms with Gasteiger partial charge in [-0.15, -0.1) is 0 Å². The molecular formula is C12H8Cl4N2O2S. The largest absolute Gasteiger partial charge is 0.396 e. The van der Waals surface area contributed by atoms with Crippen molar-refractivity contribution in [2.75, 3.05) is 10.5 Å². The quantitative estimate of drug-likeness (QED) is 0.753. The second-order valence-corrected chi connectivity index (χ2v) is 7.20. The zero-order chi connectivity index (χ0) is 15.8. The summed E-state index contributed by atoms with van der Waals surface area (Å²) in [5.74, 6) is 0. The lowest BCUT2D eigenvalue weighted by Crippen LogP contribution is -2.14. The summed E-state index contributed by atoms with van der Waals surface area (Å²) in [6, 6.07) is 7.16. The molecule has 0 radical (unpaired) electrons. The molecule has 0 aliphatic rings. The Balaban J connectivity index is 2.49. The van der Waals surface area contributed by atoms with Gasteiger partial charge < -0.3 is 5.73 Å². The fraction of sp³-hybridized carbons (Fsp3) is 0. The molecule has 0 spiro atoms. The Morgan fingerprint density at radius 1 is 0.905 bits per heavy atom.